The van der Waals surface area contributed by atoms with Crippen LogP contribution in [0.25, 0.3) is 0 Å². The van der Waals surface area contributed by atoms with Crippen molar-refractivity contribution in [3.8, 4) is 0 Å². The van der Waals surface area contributed by atoms with Crippen molar-refractivity contribution in [2.45, 2.75) is 25.8 Å². The van der Waals surface area contributed by atoms with Crippen LogP contribution in [0.15, 0.2) is 17.5 Å². The van der Waals surface area contributed by atoms with Crippen molar-refractivity contribution in [2.75, 3.05) is 13.1 Å². The Morgan fingerprint density at radius 2 is 2.56 bits per heavy atom. The van der Waals surface area contributed by atoms with E-state index in [2.05, 4.69) is 16.7 Å². The van der Waals surface area contributed by atoms with Crippen molar-refractivity contribution in [1.29, 1.82) is 0 Å². The molecule has 0 unspecified atom stereocenters. The highest BCUT2D eigenvalue weighted by Crippen LogP contribution is 2.19. The van der Waals surface area contributed by atoms with Gasteiger partial charge in [0.05, 0.1) is 12.0 Å². The Labute approximate surface area is 100 Å². The van der Waals surface area contributed by atoms with Gasteiger partial charge in [-0.15, -0.1) is 11.3 Å². The zero-order valence-corrected chi connectivity index (χ0v) is 10.3. The predicted molar refractivity (Wildman–Crippen MR) is 66.5 cm³/mol. The summed E-state index contributed by atoms with van der Waals surface area (Å²) in [6.45, 7) is 3.91. The molecule has 1 amide bonds. The monoisotopic (exact) mass is 238 g/mol. The third kappa shape index (κ3) is 2.83. The van der Waals surface area contributed by atoms with Crippen molar-refractivity contribution in [2.24, 2.45) is 5.92 Å². The predicted octanol–water partition coefficient (Wildman–Crippen LogP) is 1.92. The Kier molecular flexibility index (Phi) is 3.96. The summed E-state index contributed by atoms with van der Waals surface area (Å²) in [4.78, 5) is 13.2. The maximum Gasteiger partial charge on any atom is 0.224 e. The zero-order valence-electron chi connectivity index (χ0n) is 9.53. The summed E-state index contributed by atoms with van der Waals surface area (Å²) < 4.78 is 0. The van der Waals surface area contributed by atoms with Crippen molar-refractivity contribution >= 4 is 17.2 Å². The highest BCUT2D eigenvalue weighted by Gasteiger charge is 2.22. The standard InChI is InChI=1S/C12H18N2OS/c1-9(11-5-3-7-16-11)14-12(15)10-4-2-6-13-8-10/h3,5,7,9-10,13H,2,4,6,8H2,1H3,(H,14,15)/t9-,10-/m1/s1. The van der Waals surface area contributed by atoms with E-state index in [9.17, 15) is 4.79 Å². The van der Waals surface area contributed by atoms with Gasteiger partial charge < -0.3 is 10.6 Å². The first kappa shape index (κ1) is 11.6. The summed E-state index contributed by atoms with van der Waals surface area (Å²) in [7, 11) is 0. The summed E-state index contributed by atoms with van der Waals surface area (Å²) in [5.74, 6) is 0.337. The summed E-state index contributed by atoms with van der Waals surface area (Å²) >= 11 is 1.69. The fourth-order valence-electron chi connectivity index (χ4n) is 2.02. The van der Waals surface area contributed by atoms with Crippen LogP contribution in [-0.2, 0) is 4.79 Å². The van der Waals surface area contributed by atoms with Crippen LogP contribution >= 0.6 is 11.3 Å². The molecule has 1 aliphatic heterocycles. The lowest BCUT2D eigenvalue weighted by molar-refractivity contribution is -0.126. The maximum atomic E-state index is 12.0. The SMILES string of the molecule is C[C@@H](NC(=O)[C@@H]1CCCNC1)c1cccs1. The number of hydrogen-bond acceptors (Lipinski definition) is 3. The molecular weight excluding hydrogens is 220 g/mol. The lowest BCUT2D eigenvalue weighted by Gasteiger charge is -2.23. The number of carbonyl (C=O) groups is 1. The van der Waals surface area contributed by atoms with Crippen LogP contribution in [0.1, 0.15) is 30.7 Å². The summed E-state index contributed by atoms with van der Waals surface area (Å²) in [6, 6.07) is 4.22. The molecule has 2 rings (SSSR count). The molecule has 0 aromatic carbocycles. The second-order valence-corrected chi connectivity index (χ2v) is 5.27. The van der Waals surface area contributed by atoms with Crippen LogP contribution in [-0.4, -0.2) is 19.0 Å². The largest absolute Gasteiger partial charge is 0.348 e. The third-order valence-corrected chi connectivity index (χ3v) is 4.05. The van der Waals surface area contributed by atoms with Crippen LogP contribution in [0.5, 0.6) is 0 Å². The van der Waals surface area contributed by atoms with Crippen molar-refractivity contribution in [3.05, 3.63) is 22.4 Å². The van der Waals surface area contributed by atoms with E-state index in [1.165, 1.54) is 4.88 Å². The molecule has 88 valence electrons. The molecule has 1 aromatic rings. The topological polar surface area (TPSA) is 41.1 Å². The molecule has 0 bridgehead atoms. The molecule has 1 fully saturated rings. The van der Waals surface area contributed by atoms with Gasteiger partial charge in [0.1, 0.15) is 0 Å². The van der Waals surface area contributed by atoms with Crippen LogP contribution in [0.4, 0.5) is 0 Å². The fraction of sp³-hybridized carbons (Fsp3) is 0.583. The van der Waals surface area contributed by atoms with Gasteiger partial charge in [0, 0.05) is 11.4 Å². The highest BCUT2D eigenvalue weighted by atomic mass is 32.1. The Morgan fingerprint density at radius 3 is 3.19 bits per heavy atom. The minimum absolute atomic E-state index is 0.134. The number of rotatable bonds is 3. The molecule has 0 spiro atoms. The van der Waals surface area contributed by atoms with Gasteiger partial charge >= 0.3 is 0 Å². The van der Waals surface area contributed by atoms with Crippen LogP contribution in [0, 0.1) is 5.92 Å². The molecule has 2 N–H and O–H groups in total. The van der Waals surface area contributed by atoms with Crippen LogP contribution < -0.4 is 10.6 Å². The number of nitrogens with one attached hydrogen (secondary N) is 2. The minimum atomic E-state index is 0.134. The Morgan fingerprint density at radius 1 is 1.69 bits per heavy atom. The van der Waals surface area contributed by atoms with Gasteiger partial charge in [-0.05, 0) is 37.8 Å². The Bertz CT molecular complexity index is 331. The van der Waals surface area contributed by atoms with E-state index in [4.69, 9.17) is 0 Å². The number of thiophene rings is 1. The molecule has 4 heteroatoms. The van der Waals surface area contributed by atoms with E-state index in [-0.39, 0.29) is 17.9 Å². The average Bonchev–Trinajstić information content (AvgIpc) is 2.83. The molecule has 1 aliphatic rings. The summed E-state index contributed by atoms with van der Waals surface area (Å²) in [5.41, 5.74) is 0. The minimum Gasteiger partial charge on any atom is -0.348 e. The molecule has 0 saturated carbocycles. The Hall–Kier alpha value is -0.870. The average molecular weight is 238 g/mol. The smallest absolute Gasteiger partial charge is 0.224 e. The van der Waals surface area contributed by atoms with Gasteiger partial charge in [-0.3, -0.25) is 4.79 Å². The maximum absolute atomic E-state index is 12.0. The fourth-order valence-corrected chi connectivity index (χ4v) is 2.75. The number of amides is 1. The van der Waals surface area contributed by atoms with Gasteiger partial charge in [0.25, 0.3) is 0 Å². The lowest BCUT2D eigenvalue weighted by Crippen LogP contribution is -2.41. The number of carbonyl (C=O) groups excluding carboxylic acids is 1. The van der Waals surface area contributed by atoms with Gasteiger partial charge in [-0.2, -0.15) is 0 Å². The molecule has 2 atom stereocenters. The van der Waals surface area contributed by atoms with Crippen LogP contribution in [0.2, 0.25) is 0 Å². The first-order chi connectivity index (χ1) is 7.77. The van der Waals surface area contributed by atoms with Crippen molar-refractivity contribution in [3.63, 3.8) is 0 Å². The van der Waals surface area contributed by atoms with Crippen LogP contribution in [0.3, 0.4) is 0 Å². The van der Waals surface area contributed by atoms with Crippen molar-refractivity contribution in [1.82, 2.24) is 10.6 Å². The highest BCUT2D eigenvalue weighted by molar-refractivity contribution is 7.10. The molecule has 1 aromatic heterocycles. The first-order valence-corrected chi connectivity index (χ1v) is 6.70. The van der Waals surface area contributed by atoms with E-state index in [0.717, 1.165) is 25.9 Å². The molecule has 3 nitrogen and oxygen atoms in total. The van der Waals surface area contributed by atoms with Gasteiger partial charge in [-0.1, -0.05) is 6.07 Å². The Balaban J connectivity index is 1.86. The zero-order chi connectivity index (χ0) is 11.4. The molecule has 16 heavy (non-hydrogen) atoms. The van der Waals surface area contributed by atoms with Crippen molar-refractivity contribution < 1.29 is 4.79 Å². The lowest BCUT2D eigenvalue weighted by atomic mass is 9.98. The third-order valence-electron chi connectivity index (χ3n) is 3.00. The molecule has 1 saturated heterocycles. The number of hydrogen-bond donors (Lipinski definition) is 2. The van der Waals surface area contributed by atoms with Gasteiger partial charge in [0.2, 0.25) is 5.91 Å². The summed E-state index contributed by atoms with van der Waals surface area (Å²) in [6.07, 6.45) is 2.11. The molecule has 0 aliphatic carbocycles. The van der Waals surface area contributed by atoms with E-state index in [1.54, 1.807) is 11.3 Å². The van der Waals surface area contributed by atoms with E-state index in [1.807, 2.05) is 18.4 Å². The van der Waals surface area contributed by atoms with E-state index >= 15 is 0 Å². The van der Waals surface area contributed by atoms with Gasteiger partial charge in [-0.25, -0.2) is 0 Å². The molecular formula is C12H18N2OS. The van der Waals surface area contributed by atoms with E-state index in [0.29, 0.717) is 0 Å². The number of piperidine rings is 1. The van der Waals surface area contributed by atoms with Gasteiger partial charge in [0.15, 0.2) is 0 Å². The molecule has 0 radical (unpaired) electrons. The molecule has 2 heterocycles. The second kappa shape index (κ2) is 5.46. The normalized spacial score (nSPS) is 22.7. The second-order valence-electron chi connectivity index (χ2n) is 4.29. The summed E-state index contributed by atoms with van der Waals surface area (Å²) in [5, 5.41) is 8.39. The van der Waals surface area contributed by atoms with E-state index < -0.39 is 0 Å². The first-order valence-electron chi connectivity index (χ1n) is 5.82. The quantitative estimate of drug-likeness (QED) is 0.845.